The van der Waals surface area contributed by atoms with Crippen molar-refractivity contribution >= 4 is 23.4 Å². The van der Waals surface area contributed by atoms with Crippen LogP contribution in [-0.2, 0) is 22.7 Å². The average Bonchev–Trinajstić information content (AvgIpc) is 2.64. The van der Waals surface area contributed by atoms with Crippen LogP contribution in [0.5, 0.6) is 0 Å². The van der Waals surface area contributed by atoms with Gasteiger partial charge in [-0.25, -0.2) is 8.78 Å². The molecule has 7 heteroatoms. The summed E-state index contributed by atoms with van der Waals surface area (Å²) in [6.07, 6.45) is 0. The first-order valence-corrected chi connectivity index (χ1v) is 8.92. The van der Waals surface area contributed by atoms with Crippen molar-refractivity contribution in [2.24, 2.45) is 0 Å². The third kappa shape index (κ3) is 3.81. The van der Waals surface area contributed by atoms with Crippen molar-refractivity contribution in [1.82, 2.24) is 9.80 Å². The summed E-state index contributed by atoms with van der Waals surface area (Å²) in [6.45, 7) is 2.84. The zero-order chi connectivity index (χ0) is 19.7. The molecule has 0 saturated carbocycles. The van der Waals surface area contributed by atoms with Gasteiger partial charge in [0.15, 0.2) is 0 Å². The number of carbonyl (C=O) groups excluding carboxylic acids is 2. The molecule has 2 aromatic rings. The van der Waals surface area contributed by atoms with E-state index < -0.39 is 17.7 Å². The summed E-state index contributed by atoms with van der Waals surface area (Å²) in [5.74, 6) is -2.08. The van der Waals surface area contributed by atoms with E-state index in [0.29, 0.717) is 5.02 Å². The van der Waals surface area contributed by atoms with E-state index in [2.05, 4.69) is 0 Å². The van der Waals surface area contributed by atoms with Gasteiger partial charge in [-0.15, -0.1) is 0 Å². The van der Waals surface area contributed by atoms with Crippen LogP contribution < -0.4 is 0 Å². The van der Waals surface area contributed by atoms with Crippen LogP contribution in [-0.4, -0.2) is 34.2 Å². The van der Waals surface area contributed by atoms with Gasteiger partial charge < -0.3 is 9.80 Å². The molecule has 1 fully saturated rings. The molecule has 2 aromatic carbocycles. The Morgan fingerprint density at radius 3 is 2.52 bits per heavy atom. The summed E-state index contributed by atoms with van der Waals surface area (Å²) in [5, 5.41) is 0.511. The van der Waals surface area contributed by atoms with E-state index in [1.807, 2.05) is 0 Å². The highest BCUT2D eigenvalue weighted by atomic mass is 35.5. The Balaban J connectivity index is 1.80. The average molecular weight is 393 g/mol. The molecule has 1 atom stereocenters. The van der Waals surface area contributed by atoms with Crippen molar-refractivity contribution in [3.63, 3.8) is 0 Å². The van der Waals surface area contributed by atoms with Gasteiger partial charge in [-0.1, -0.05) is 35.9 Å². The Bertz CT molecular complexity index is 904. The lowest BCUT2D eigenvalue weighted by molar-refractivity contribution is -0.156. The molecule has 0 unspecified atom stereocenters. The SMILES string of the molecule is Cc1ccc(F)c(CN2C(=O)CN(Cc3ccccc3Cl)C(=O)[C@@H]2C)c1F. The van der Waals surface area contributed by atoms with Crippen LogP contribution >= 0.6 is 11.6 Å². The van der Waals surface area contributed by atoms with Gasteiger partial charge in [-0.3, -0.25) is 9.59 Å². The van der Waals surface area contributed by atoms with Crippen molar-refractivity contribution in [3.05, 3.63) is 69.7 Å². The number of rotatable bonds is 4. The van der Waals surface area contributed by atoms with Crippen molar-refractivity contribution in [2.75, 3.05) is 6.54 Å². The zero-order valence-electron chi connectivity index (χ0n) is 15.0. The van der Waals surface area contributed by atoms with E-state index in [0.717, 1.165) is 5.56 Å². The Hall–Kier alpha value is -2.47. The smallest absolute Gasteiger partial charge is 0.245 e. The predicted molar refractivity (Wildman–Crippen MR) is 98.0 cm³/mol. The number of carbonyl (C=O) groups is 2. The Morgan fingerprint density at radius 1 is 1.11 bits per heavy atom. The minimum Gasteiger partial charge on any atom is -0.327 e. The van der Waals surface area contributed by atoms with Crippen LogP contribution in [0, 0.1) is 18.6 Å². The molecule has 142 valence electrons. The Morgan fingerprint density at radius 2 is 1.81 bits per heavy atom. The van der Waals surface area contributed by atoms with Gasteiger partial charge in [0.25, 0.3) is 0 Å². The normalized spacial score (nSPS) is 17.6. The summed E-state index contributed by atoms with van der Waals surface area (Å²) in [5.41, 5.74) is 0.814. The first-order chi connectivity index (χ1) is 12.8. The fourth-order valence-corrected chi connectivity index (χ4v) is 3.36. The second kappa shape index (κ2) is 7.64. The number of nitrogens with zero attached hydrogens (tertiary/aromatic N) is 2. The van der Waals surface area contributed by atoms with Crippen molar-refractivity contribution in [1.29, 1.82) is 0 Å². The summed E-state index contributed by atoms with van der Waals surface area (Å²) >= 11 is 6.13. The molecule has 1 saturated heterocycles. The molecule has 1 heterocycles. The van der Waals surface area contributed by atoms with E-state index in [4.69, 9.17) is 11.6 Å². The largest absolute Gasteiger partial charge is 0.327 e. The summed E-state index contributed by atoms with van der Waals surface area (Å²) < 4.78 is 28.3. The van der Waals surface area contributed by atoms with Gasteiger partial charge in [-0.2, -0.15) is 0 Å². The molecule has 0 bridgehead atoms. The minimum atomic E-state index is -0.826. The molecule has 0 radical (unpaired) electrons. The maximum Gasteiger partial charge on any atom is 0.245 e. The molecular weight excluding hydrogens is 374 g/mol. The molecule has 4 nitrogen and oxygen atoms in total. The first kappa shape index (κ1) is 19.3. The minimum absolute atomic E-state index is 0.163. The summed E-state index contributed by atoms with van der Waals surface area (Å²) in [4.78, 5) is 28.0. The predicted octanol–water partition coefficient (Wildman–Crippen LogP) is 3.69. The van der Waals surface area contributed by atoms with Gasteiger partial charge in [0.2, 0.25) is 11.8 Å². The quantitative estimate of drug-likeness (QED) is 0.796. The maximum atomic E-state index is 14.3. The number of aryl methyl sites for hydroxylation is 1. The highest BCUT2D eigenvalue weighted by Crippen LogP contribution is 2.24. The van der Waals surface area contributed by atoms with Crippen molar-refractivity contribution in [3.8, 4) is 0 Å². The number of piperazine rings is 1. The fourth-order valence-electron chi connectivity index (χ4n) is 3.17. The van der Waals surface area contributed by atoms with Crippen molar-refractivity contribution < 1.29 is 18.4 Å². The van der Waals surface area contributed by atoms with E-state index >= 15 is 0 Å². The van der Waals surface area contributed by atoms with E-state index in [9.17, 15) is 18.4 Å². The molecule has 0 aliphatic carbocycles. The summed E-state index contributed by atoms with van der Waals surface area (Å²) in [6, 6.07) is 8.76. The standard InChI is InChI=1S/C20H19ClF2N2O2/c1-12-7-8-17(22)15(19(12)23)10-25-13(2)20(27)24(11-18(25)26)9-14-5-3-4-6-16(14)21/h3-8,13H,9-11H2,1-2H3/t13-/m0/s1. The topological polar surface area (TPSA) is 40.6 Å². The third-order valence-corrected chi connectivity index (χ3v) is 5.18. The van der Waals surface area contributed by atoms with Gasteiger partial charge in [0, 0.05) is 17.1 Å². The molecule has 1 aliphatic rings. The first-order valence-electron chi connectivity index (χ1n) is 8.54. The number of hydrogen-bond donors (Lipinski definition) is 0. The van der Waals surface area contributed by atoms with Crippen LogP contribution in [0.4, 0.5) is 8.78 Å². The van der Waals surface area contributed by atoms with Crippen LogP contribution in [0.15, 0.2) is 36.4 Å². The van der Waals surface area contributed by atoms with Gasteiger partial charge in [0.05, 0.1) is 6.54 Å². The van der Waals surface area contributed by atoms with Crippen LogP contribution in [0.3, 0.4) is 0 Å². The molecule has 0 N–H and O–H groups in total. The molecule has 0 spiro atoms. The zero-order valence-corrected chi connectivity index (χ0v) is 15.8. The molecule has 3 rings (SSSR count). The van der Waals surface area contributed by atoms with E-state index in [-0.39, 0.29) is 42.6 Å². The van der Waals surface area contributed by atoms with Crippen LogP contribution in [0.25, 0.3) is 0 Å². The fraction of sp³-hybridized carbons (Fsp3) is 0.300. The van der Waals surface area contributed by atoms with E-state index in [1.165, 1.54) is 28.9 Å². The molecule has 27 heavy (non-hydrogen) atoms. The molecule has 1 aliphatic heterocycles. The van der Waals surface area contributed by atoms with Gasteiger partial charge in [0.1, 0.15) is 24.2 Å². The van der Waals surface area contributed by atoms with Crippen LogP contribution in [0.1, 0.15) is 23.6 Å². The maximum absolute atomic E-state index is 14.3. The Kier molecular flexibility index (Phi) is 5.46. The number of halogens is 3. The number of benzene rings is 2. The lowest BCUT2D eigenvalue weighted by Gasteiger charge is -2.39. The van der Waals surface area contributed by atoms with Crippen molar-refractivity contribution in [2.45, 2.75) is 33.0 Å². The lowest BCUT2D eigenvalue weighted by atomic mass is 10.1. The molecule has 2 amide bonds. The molecule has 0 aromatic heterocycles. The second-order valence-electron chi connectivity index (χ2n) is 6.64. The van der Waals surface area contributed by atoms with Crippen LogP contribution in [0.2, 0.25) is 5.02 Å². The van der Waals surface area contributed by atoms with Gasteiger partial charge >= 0.3 is 0 Å². The van der Waals surface area contributed by atoms with E-state index in [1.54, 1.807) is 31.2 Å². The molecular formula is C20H19ClF2N2O2. The lowest BCUT2D eigenvalue weighted by Crippen LogP contribution is -2.58. The number of amides is 2. The third-order valence-electron chi connectivity index (χ3n) is 4.81. The Labute approximate surface area is 161 Å². The summed E-state index contributed by atoms with van der Waals surface area (Å²) in [7, 11) is 0. The second-order valence-corrected chi connectivity index (χ2v) is 7.05. The monoisotopic (exact) mass is 392 g/mol. The highest BCUT2D eigenvalue weighted by Gasteiger charge is 2.37. The highest BCUT2D eigenvalue weighted by molar-refractivity contribution is 6.31. The number of hydrogen-bond acceptors (Lipinski definition) is 2. The van der Waals surface area contributed by atoms with Gasteiger partial charge in [-0.05, 0) is 37.1 Å².